The highest BCUT2D eigenvalue weighted by Gasteiger charge is 2.35. The normalized spacial score (nSPS) is 12.6. The lowest BCUT2D eigenvalue weighted by atomic mass is 10.1. The number of hydrazine groups is 1. The SMILES string of the molecule is CN(CC(N)CO)NC(=S)c1ccc(OCCCCCc2cc(F)c(F)cc2F)c(C(F)(F)F)c1. The van der Waals surface area contributed by atoms with Crippen LogP contribution < -0.4 is 15.9 Å². The van der Waals surface area contributed by atoms with Crippen LogP contribution in [0.15, 0.2) is 30.3 Å². The topological polar surface area (TPSA) is 70.8 Å². The van der Waals surface area contributed by atoms with Gasteiger partial charge in [0.05, 0.1) is 18.8 Å². The Morgan fingerprint density at radius 3 is 2.43 bits per heavy atom. The van der Waals surface area contributed by atoms with E-state index in [1.54, 1.807) is 7.05 Å². The molecule has 0 bridgehead atoms. The minimum atomic E-state index is -4.68. The number of unbranched alkanes of at least 4 members (excludes halogenated alkanes) is 2. The monoisotopic (exact) mass is 523 g/mol. The van der Waals surface area contributed by atoms with Crippen LogP contribution in [0.5, 0.6) is 5.75 Å². The molecule has 0 spiro atoms. The first kappa shape index (κ1) is 28.8. The van der Waals surface area contributed by atoms with Gasteiger partial charge < -0.3 is 21.0 Å². The molecule has 0 fully saturated rings. The molecular weight excluding hydrogens is 496 g/mol. The number of nitrogens with two attached hydrogens (primary N) is 1. The van der Waals surface area contributed by atoms with E-state index in [9.17, 15) is 26.3 Å². The van der Waals surface area contributed by atoms with E-state index in [0.717, 1.165) is 12.1 Å². The molecule has 1 unspecified atom stereocenters. The molecule has 0 aromatic heterocycles. The fraction of sp³-hybridized carbons (Fsp3) is 0.435. The number of aliphatic hydroxyl groups excluding tert-OH is 1. The zero-order chi connectivity index (χ0) is 26.2. The zero-order valence-corrected chi connectivity index (χ0v) is 19.8. The number of halogens is 6. The molecule has 0 radical (unpaired) electrons. The van der Waals surface area contributed by atoms with Gasteiger partial charge in [0.2, 0.25) is 0 Å². The van der Waals surface area contributed by atoms with Gasteiger partial charge in [-0.05, 0) is 55.5 Å². The average molecular weight is 524 g/mol. The standard InChI is InChI=1S/C23H27F6N3O2S/c1-32(12-16(30)13-33)31-22(35)15-6-7-21(17(9-15)23(27,28)29)34-8-4-2-3-5-14-10-19(25)20(26)11-18(14)24/h6-7,9-11,16,33H,2-5,8,12-13,30H2,1H3,(H,31,35). The highest BCUT2D eigenvalue weighted by atomic mass is 32.1. The number of thiocarbonyl (C=S) groups is 1. The van der Waals surface area contributed by atoms with Crippen molar-refractivity contribution in [2.75, 3.05) is 26.8 Å². The third-order valence-electron chi connectivity index (χ3n) is 5.02. The minimum Gasteiger partial charge on any atom is -0.493 e. The van der Waals surface area contributed by atoms with Crippen LogP contribution in [-0.2, 0) is 12.6 Å². The van der Waals surface area contributed by atoms with E-state index in [2.05, 4.69) is 5.43 Å². The molecule has 0 heterocycles. The molecule has 0 aliphatic carbocycles. The van der Waals surface area contributed by atoms with Crippen molar-refractivity contribution in [3.05, 3.63) is 64.5 Å². The van der Waals surface area contributed by atoms with E-state index in [1.807, 2.05) is 0 Å². The Morgan fingerprint density at radius 1 is 1.09 bits per heavy atom. The lowest BCUT2D eigenvalue weighted by Gasteiger charge is -2.23. The summed E-state index contributed by atoms with van der Waals surface area (Å²) in [7, 11) is 1.59. The van der Waals surface area contributed by atoms with Gasteiger partial charge in [-0.2, -0.15) is 13.2 Å². The number of aliphatic hydroxyl groups is 1. The van der Waals surface area contributed by atoms with E-state index in [-0.39, 0.29) is 48.0 Å². The molecule has 35 heavy (non-hydrogen) atoms. The van der Waals surface area contributed by atoms with Gasteiger partial charge in [0.25, 0.3) is 0 Å². The van der Waals surface area contributed by atoms with Crippen LogP contribution in [-0.4, -0.2) is 48.0 Å². The molecule has 194 valence electrons. The molecule has 0 saturated carbocycles. The first-order valence-electron chi connectivity index (χ1n) is 10.8. The smallest absolute Gasteiger partial charge is 0.419 e. The molecule has 4 N–H and O–H groups in total. The summed E-state index contributed by atoms with van der Waals surface area (Å²) in [5.74, 6) is -3.60. The Hall–Kier alpha value is -2.41. The van der Waals surface area contributed by atoms with Crippen molar-refractivity contribution >= 4 is 17.2 Å². The number of hydrogen-bond donors (Lipinski definition) is 3. The predicted molar refractivity (Wildman–Crippen MR) is 123 cm³/mol. The van der Waals surface area contributed by atoms with Crippen LogP contribution in [0.1, 0.15) is 36.0 Å². The highest BCUT2D eigenvalue weighted by molar-refractivity contribution is 7.80. The number of ether oxygens (including phenoxy) is 1. The quantitative estimate of drug-likeness (QED) is 0.126. The number of hydrogen-bond acceptors (Lipinski definition) is 5. The van der Waals surface area contributed by atoms with Gasteiger partial charge in [-0.3, -0.25) is 0 Å². The fourth-order valence-electron chi connectivity index (χ4n) is 3.24. The van der Waals surface area contributed by atoms with Crippen LogP contribution in [0.3, 0.4) is 0 Å². The molecule has 0 amide bonds. The number of likely N-dealkylation sites (N-methyl/N-ethyl adjacent to an activating group) is 1. The molecule has 5 nitrogen and oxygen atoms in total. The van der Waals surface area contributed by atoms with Crippen molar-refractivity contribution in [1.29, 1.82) is 0 Å². The van der Waals surface area contributed by atoms with Crippen LogP contribution in [0.25, 0.3) is 0 Å². The third kappa shape index (κ3) is 8.95. The number of benzene rings is 2. The van der Waals surface area contributed by atoms with Gasteiger partial charge in [-0.1, -0.05) is 12.2 Å². The molecule has 0 aliphatic rings. The molecule has 0 saturated heterocycles. The summed E-state index contributed by atoms with van der Waals surface area (Å²) in [6, 6.07) is 4.20. The van der Waals surface area contributed by atoms with Crippen LogP contribution in [0.4, 0.5) is 26.3 Å². The second kappa shape index (κ2) is 13.1. The Bertz CT molecular complexity index is 1010. The zero-order valence-electron chi connectivity index (χ0n) is 19.0. The van der Waals surface area contributed by atoms with Crippen LogP contribution in [0, 0.1) is 17.5 Å². The number of alkyl halides is 3. The van der Waals surface area contributed by atoms with E-state index in [0.29, 0.717) is 25.3 Å². The summed E-state index contributed by atoms with van der Waals surface area (Å²) < 4.78 is 86.0. The van der Waals surface area contributed by atoms with E-state index in [4.69, 9.17) is 27.8 Å². The lowest BCUT2D eigenvalue weighted by Crippen LogP contribution is -2.46. The minimum absolute atomic E-state index is 0.0207. The molecule has 2 aromatic carbocycles. The second-order valence-electron chi connectivity index (χ2n) is 7.99. The maximum absolute atomic E-state index is 13.6. The van der Waals surface area contributed by atoms with E-state index < -0.39 is 35.2 Å². The van der Waals surface area contributed by atoms with E-state index in [1.165, 1.54) is 17.1 Å². The van der Waals surface area contributed by atoms with Crippen molar-refractivity contribution in [2.45, 2.75) is 37.9 Å². The third-order valence-corrected chi connectivity index (χ3v) is 5.35. The van der Waals surface area contributed by atoms with Crippen molar-refractivity contribution < 1.29 is 36.2 Å². The molecule has 1 atom stereocenters. The Balaban J connectivity index is 1.92. The van der Waals surface area contributed by atoms with Crippen molar-refractivity contribution in [3.8, 4) is 5.75 Å². The predicted octanol–water partition coefficient (Wildman–Crippen LogP) is 4.35. The molecular formula is C23H27F6N3O2S. The number of aryl methyl sites for hydroxylation is 1. The lowest BCUT2D eigenvalue weighted by molar-refractivity contribution is -0.139. The van der Waals surface area contributed by atoms with Crippen molar-refractivity contribution in [2.24, 2.45) is 5.73 Å². The van der Waals surface area contributed by atoms with Gasteiger partial charge in [0.15, 0.2) is 11.6 Å². The second-order valence-corrected chi connectivity index (χ2v) is 8.40. The highest BCUT2D eigenvalue weighted by Crippen LogP contribution is 2.37. The first-order valence-corrected chi connectivity index (χ1v) is 11.2. The van der Waals surface area contributed by atoms with Gasteiger partial charge in [0.1, 0.15) is 16.6 Å². The average Bonchev–Trinajstić information content (AvgIpc) is 2.78. The van der Waals surface area contributed by atoms with Crippen molar-refractivity contribution in [1.82, 2.24) is 10.4 Å². The summed E-state index contributed by atoms with van der Waals surface area (Å²) in [5.41, 5.74) is 7.54. The summed E-state index contributed by atoms with van der Waals surface area (Å²) >= 11 is 5.18. The van der Waals surface area contributed by atoms with Crippen LogP contribution >= 0.6 is 12.2 Å². The number of rotatable bonds is 12. The maximum Gasteiger partial charge on any atom is 0.419 e. The maximum atomic E-state index is 13.6. The summed E-state index contributed by atoms with van der Waals surface area (Å²) in [4.78, 5) is 0.0409. The Kier molecular flexibility index (Phi) is 10.7. The van der Waals surface area contributed by atoms with Crippen molar-refractivity contribution in [3.63, 3.8) is 0 Å². The summed E-state index contributed by atoms with van der Waals surface area (Å²) in [6.07, 6.45) is -3.25. The molecule has 12 heteroatoms. The summed E-state index contributed by atoms with van der Waals surface area (Å²) in [5, 5.41) is 10.5. The fourth-order valence-corrected chi connectivity index (χ4v) is 3.53. The van der Waals surface area contributed by atoms with Gasteiger partial charge in [0, 0.05) is 31.3 Å². The number of nitrogens with one attached hydrogen (secondary N) is 1. The largest absolute Gasteiger partial charge is 0.493 e. The molecule has 2 aromatic rings. The van der Waals surface area contributed by atoms with Crippen LogP contribution in [0.2, 0.25) is 0 Å². The van der Waals surface area contributed by atoms with Gasteiger partial charge >= 0.3 is 6.18 Å². The summed E-state index contributed by atoms with van der Waals surface area (Å²) in [6.45, 7) is -0.0649. The number of nitrogens with zero attached hydrogens (tertiary/aromatic N) is 1. The Labute approximate surface area is 204 Å². The van der Waals surface area contributed by atoms with Gasteiger partial charge in [-0.25, -0.2) is 18.2 Å². The Morgan fingerprint density at radius 2 is 1.77 bits per heavy atom. The first-order chi connectivity index (χ1) is 16.4. The molecule has 2 rings (SSSR count). The molecule has 0 aliphatic heterocycles. The van der Waals surface area contributed by atoms with Gasteiger partial charge in [-0.15, -0.1) is 0 Å². The van der Waals surface area contributed by atoms with E-state index >= 15 is 0 Å².